The van der Waals surface area contributed by atoms with Gasteiger partial charge in [0.2, 0.25) is 5.91 Å². The van der Waals surface area contributed by atoms with E-state index < -0.39 is 10.0 Å². The second kappa shape index (κ2) is 7.79. The SMILES string of the molecule is CN1CCC/C1=N\S(=O)(=O)c1cccc(NC(=O)/C=C/c2cscn2)c1. The maximum Gasteiger partial charge on any atom is 0.284 e. The van der Waals surface area contributed by atoms with Crippen LogP contribution in [-0.2, 0) is 14.8 Å². The second-order valence-electron chi connectivity index (χ2n) is 5.77. The molecule has 26 heavy (non-hydrogen) atoms. The van der Waals surface area contributed by atoms with Crippen LogP contribution in [-0.4, -0.2) is 43.6 Å². The fourth-order valence-corrected chi connectivity index (χ4v) is 4.15. The Morgan fingerprint density at radius 2 is 2.27 bits per heavy atom. The smallest absolute Gasteiger partial charge is 0.284 e. The van der Waals surface area contributed by atoms with Crippen LogP contribution in [0.2, 0.25) is 0 Å². The normalized spacial score (nSPS) is 16.5. The molecule has 1 N–H and O–H groups in total. The molecule has 1 fully saturated rings. The molecule has 0 bridgehead atoms. The van der Waals surface area contributed by atoms with E-state index in [0.717, 1.165) is 13.0 Å². The summed E-state index contributed by atoms with van der Waals surface area (Å²) in [5.74, 6) is 0.194. The van der Waals surface area contributed by atoms with Gasteiger partial charge in [0, 0.05) is 37.2 Å². The Balaban J connectivity index is 1.74. The van der Waals surface area contributed by atoms with Gasteiger partial charge < -0.3 is 10.2 Å². The predicted octanol–water partition coefficient (Wildman–Crippen LogP) is 2.61. The van der Waals surface area contributed by atoms with Gasteiger partial charge in [0.05, 0.1) is 16.1 Å². The molecular weight excluding hydrogens is 372 g/mol. The molecule has 1 aliphatic heterocycles. The van der Waals surface area contributed by atoms with Gasteiger partial charge in [-0.15, -0.1) is 15.7 Å². The quantitative estimate of drug-likeness (QED) is 0.793. The molecule has 0 atom stereocenters. The van der Waals surface area contributed by atoms with E-state index in [-0.39, 0.29) is 10.8 Å². The van der Waals surface area contributed by atoms with Gasteiger partial charge in [-0.1, -0.05) is 6.07 Å². The minimum Gasteiger partial charge on any atom is -0.362 e. The number of hydrogen-bond donors (Lipinski definition) is 1. The number of nitrogens with one attached hydrogen (secondary N) is 1. The number of amides is 1. The molecule has 136 valence electrons. The zero-order valence-corrected chi connectivity index (χ0v) is 15.8. The number of rotatable bonds is 5. The summed E-state index contributed by atoms with van der Waals surface area (Å²) < 4.78 is 28.9. The number of carbonyl (C=O) groups is 1. The average Bonchev–Trinajstić information content (AvgIpc) is 3.25. The number of nitrogens with zero attached hydrogens (tertiary/aromatic N) is 3. The number of aromatic nitrogens is 1. The van der Waals surface area contributed by atoms with Gasteiger partial charge in [-0.05, 0) is 30.7 Å². The molecule has 1 aliphatic rings. The first-order valence-corrected chi connectivity index (χ1v) is 10.3. The van der Waals surface area contributed by atoms with Gasteiger partial charge in [0.1, 0.15) is 5.84 Å². The van der Waals surface area contributed by atoms with E-state index in [4.69, 9.17) is 0 Å². The number of likely N-dealkylation sites (tertiary alicyclic amines) is 1. The van der Waals surface area contributed by atoms with Gasteiger partial charge in [0.25, 0.3) is 10.0 Å². The molecular formula is C17H18N4O3S2. The number of thiazole rings is 1. The Morgan fingerprint density at radius 3 is 2.96 bits per heavy atom. The van der Waals surface area contributed by atoms with Gasteiger partial charge in [0.15, 0.2) is 0 Å². The van der Waals surface area contributed by atoms with Crippen molar-refractivity contribution in [1.29, 1.82) is 0 Å². The van der Waals surface area contributed by atoms with Crippen molar-refractivity contribution in [3.8, 4) is 0 Å². The Bertz CT molecular complexity index is 950. The standard InChI is InChI=1S/C17H18N4O3S2/c1-21-9-3-6-16(21)20-26(23,24)15-5-2-4-13(10-15)19-17(22)8-7-14-11-25-12-18-14/h2,4-5,7-8,10-12H,3,6,9H2,1H3,(H,19,22)/b8-7+,20-16+. The van der Waals surface area contributed by atoms with Crippen molar-refractivity contribution in [2.45, 2.75) is 17.7 Å². The summed E-state index contributed by atoms with van der Waals surface area (Å²) in [5.41, 5.74) is 2.76. The van der Waals surface area contributed by atoms with Crippen molar-refractivity contribution >= 4 is 44.9 Å². The van der Waals surface area contributed by atoms with Crippen LogP contribution in [0.3, 0.4) is 0 Å². The minimum atomic E-state index is -3.81. The van der Waals surface area contributed by atoms with Gasteiger partial charge in [-0.3, -0.25) is 4.79 Å². The van der Waals surface area contributed by atoms with Gasteiger partial charge >= 0.3 is 0 Å². The van der Waals surface area contributed by atoms with Crippen LogP contribution in [0, 0.1) is 0 Å². The van der Waals surface area contributed by atoms with Crippen molar-refractivity contribution in [3.05, 3.63) is 46.9 Å². The van der Waals surface area contributed by atoms with Crippen molar-refractivity contribution < 1.29 is 13.2 Å². The highest BCUT2D eigenvalue weighted by Gasteiger charge is 2.20. The van der Waals surface area contributed by atoms with Crippen LogP contribution < -0.4 is 5.32 Å². The lowest BCUT2D eigenvalue weighted by Gasteiger charge is -2.11. The molecule has 1 aromatic heterocycles. The van der Waals surface area contributed by atoms with Crippen LogP contribution in [0.15, 0.2) is 50.5 Å². The van der Waals surface area contributed by atoms with E-state index in [1.165, 1.54) is 29.5 Å². The summed E-state index contributed by atoms with van der Waals surface area (Å²) in [6.45, 7) is 0.801. The number of carbonyl (C=O) groups excluding carboxylic acids is 1. The molecule has 0 radical (unpaired) electrons. The number of sulfonamides is 1. The Hall–Kier alpha value is -2.52. The Kier molecular flexibility index (Phi) is 5.48. The maximum absolute atomic E-state index is 12.5. The van der Waals surface area contributed by atoms with Crippen LogP contribution in [0.5, 0.6) is 0 Å². The minimum absolute atomic E-state index is 0.0478. The molecule has 3 rings (SSSR count). The van der Waals surface area contributed by atoms with E-state index in [0.29, 0.717) is 23.6 Å². The van der Waals surface area contributed by atoms with Crippen LogP contribution in [0.4, 0.5) is 5.69 Å². The summed E-state index contributed by atoms with van der Waals surface area (Å²) in [6, 6.07) is 6.08. The van der Waals surface area contributed by atoms with Crippen LogP contribution in [0.1, 0.15) is 18.5 Å². The average molecular weight is 390 g/mol. The third-order valence-corrected chi connectivity index (χ3v) is 5.72. The third-order valence-electron chi connectivity index (χ3n) is 3.82. The van der Waals surface area contributed by atoms with Crippen LogP contribution in [0.25, 0.3) is 6.08 Å². The first-order chi connectivity index (χ1) is 12.4. The zero-order valence-electron chi connectivity index (χ0n) is 14.1. The summed E-state index contributed by atoms with van der Waals surface area (Å²) in [4.78, 5) is 17.9. The fraction of sp³-hybridized carbons (Fsp3) is 0.235. The van der Waals surface area contributed by atoms with Crippen LogP contribution >= 0.6 is 11.3 Å². The van der Waals surface area contributed by atoms with E-state index in [9.17, 15) is 13.2 Å². The molecule has 1 amide bonds. The summed E-state index contributed by atoms with van der Waals surface area (Å²) in [5, 5.41) is 4.46. The number of amidine groups is 1. The molecule has 0 saturated carbocycles. The van der Waals surface area contributed by atoms with Crippen molar-refractivity contribution in [1.82, 2.24) is 9.88 Å². The number of benzene rings is 1. The lowest BCUT2D eigenvalue weighted by Crippen LogP contribution is -2.20. The van der Waals surface area contributed by atoms with Gasteiger partial charge in [-0.2, -0.15) is 8.42 Å². The summed E-state index contributed by atoms with van der Waals surface area (Å²) in [7, 11) is -1.99. The molecule has 2 heterocycles. The molecule has 2 aromatic rings. The van der Waals surface area contributed by atoms with E-state index in [1.54, 1.807) is 23.7 Å². The molecule has 1 saturated heterocycles. The number of hydrogen-bond acceptors (Lipinski definition) is 5. The highest BCUT2D eigenvalue weighted by atomic mass is 32.2. The van der Waals surface area contributed by atoms with Gasteiger partial charge in [-0.25, -0.2) is 4.98 Å². The van der Waals surface area contributed by atoms with E-state index >= 15 is 0 Å². The lowest BCUT2D eigenvalue weighted by molar-refractivity contribution is -0.111. The highest BCUT2D eigenvalue weighted by molar-refractivity contribution is 7.90. The monoisotopic (exact) mass is 390 g/mol. The van der Waals surface area contributed by atoms with E-state index in [1.807, 2.05) is 17.3 Å². The first kappa shape index (κ1) is 18.3. The summed E-state index contributed by atoms with van der Waals surface area (Å²) in [6.07, 6.45) is 4.48. The fourth-order valence-electron chi connectivity index (χ4n) is 2.48. The van der Waals surface area contributed by atoms with E-state index in [2.05, 4.69) is 14.7 Å². The molecule has 0 aliphatic carbocycles. The molecule has 0 unspecified atom stereocenters. The number of anilines is 1. The molecule has 1 aromatic carbocycles. The third kappa shape index (κ3) is 4.55. The molecule has 7 nitrogen and oxygen atoms in total. The Labute approximate surface area is 156 Å². The second-order valence-corrected chi connectivity index (χ2v) is 8.09. The first-order valence-electron chi connectivity index (χ1n) is 7.96. The Morgan fingerprint density at radius 1 is 1.42 bits per heavy atom. The van der Waals surface area contributed by atoms with Crippen molar-refractivity contribution in [2.24, 2.45) is 4.40 Å². The predicted molar refractivity (Wildman–Crippen MR) is 103 cm³/mol. The molecule has 9 heteroatoms. The topological polar surface area (TPSA) is 91.7 Å². The summed E-state index contributed by atoms with van der Waals surface area (Å²) >= 11 is 1.44. The largest absolute Gasteiger partial charge is 0.362 e. The maximum atomic E-state index is 12.5. The van der Waals surface area contributed by atoms with Crippen molar-refractivity contribution in [2.75, 3.05) is 18.9 Å². The zero-order chi connectivity index (χ0) is 18.6. The molecule has 0 spiro atoms. The van der Waals surface area contributed by atoms with Crippen molar-refractivity contribution in [3.63, 3.8) is 0 Å². The lowest BCUT2D eigenvalue weighted by atomic mass is 10.3. The highest BCUT2D eigenvalue weighted by Crippen LogP contribution is 2.20.